The Morgan fingerprint density at radius 1 is 1.18 bits per heavy atom. The summed E-state index contributed by atoms with van der Waals surface area (Å²) >= 11 is 2.80. The summed E-state index contributed by atoms with van der Waals surface area (Å²) in [5.74, 6) is 0.181. The third-order valence-electron chi connectivity index (χ3n) is 4.00. The zero-order chi connectivity index (χ0) is 20.3. The van der Waals surface area contributed by atoms with Gasteiger partial charge >= 0.3 is 0 Å². The molecule has 0 saturated carbocycles. The average Bonchev–Trinajstić information content (AvgIpc) is 3.04. The topological polar surface area (TPSA) is 88.2 Å². The van der Waals surface area contributed by atoms with Crippen LogP contribution in [0.5, 0.6) is 0 Å². The molecular weight excluding hydrogens is 414 g/mol. The van der Waals surface area contributed by atoms with Gasteiger partial charge in [-0.05, 0) is 50.6 Å². The SMILES string of the molecule is CCS(=O)(=O)Nc1ccc2nc(SCC(=O)Nc3ccc(C)cc3C)sc2c1. The van der Waals surface area contributed by atoms with E-state index in [1.165, 1.54) is 23.1 Å². The molecule has 148 valence electrons. The Balaban J connectivity index is 1.65. The molecule has 6 nitrogen and oxygen atoms in total. The lowest BCUT2D eigenvalue weighted by Gasteiger charge is -2.08. The van der Waals surface area contributed by atoms with Crippen molar-refractivity contribution >= 4 is 60.6 Å². The highest BCUT2D eigenvalue weighted by Crippen LogP contribution is 2.31. The lowest BCUT2D eigenvalue weighted by atomic mass is 10.1. The van der Waals surface area contributed by atoms with Gasteiger partial charge in [0.05, 0.1) is 27.4 Å². The van der Waals surface area contributed by atoms with E-state index in [1.807, 2.05) is 32.0 Å². The van der Waals surface area contributed by atoms with Crippen molar-refractivity contribution in [3.05, 3.63) is 47.5 Å². The molecule has 0 atom stereocenters. The number of nitrogens with one attached hydrogen (secondary N) is 2. The number of rotatable bonds is 7. The molecular formula is C19H21N3O3S3. The van der Waals surface area contributed by atoms with Gasteiger partial charge in [0.25, 0.3) is 0 Å². The summed E-state index contributed by atoms with van der Waals surface area (Å²) in [5.41, 5.74) is 4.29. The standard InChI is InChI=1S/C19H21N3O3S3/c1-4-28(24,25)22-14-6-8-16-17(10-14)27-19(21-16)26-11-18(23)20-15-7-5-12(2)9-13(15)3/h5-10,22H,4,11H2,1-3H3,(H,20,23). The molecule has 0 unspecified atom stereocenters. The molecule has 0 bridgehead atoms. The predicted molar refractivity (Wildman–Crippen MR) is 118 cm³/mol. The van der Waals surface area contributed by atoms with Crippen molar-refractivity contribution in [3.8, 4) is 0 Å². The number of sulfonamides is 1. The Bertz CT molecular complexity index is 1120. The minimum absolute atomic E-state index is 0.0183. The third kappa shape index (κ3) is 5.24. The van der Waals surface area contributed by atoms with Gasteiger partial charge in [-0.25, -0.2) is 13.4 Å². The fourth-order valence-electron chi connectivity index (χ4n) is 2.55. The van der Waals surface area contributed by atoms with Crippen molar-refractivity contribution in [2.24, 2.45) is 0 Å². The number of anilines is 2. The molecule has 0 spiro atoms. The van der Waals surface area contributed by atoms with E-state index in [9.17, 15) is 13.2 Å². The molecule has 0 fully saturated rings. The average molecular weight is 436 g/mol. The molecule has 3 aromatic rings. The van der Waals surface area contributed by atoms with Crippen molar-refractivity contribution < 1.29 is 13.2 Å². The number of hydrogen-bond acceptors (Lipinski definition) is 6. The summed E-state index contributed by atoms with van der Waals surface area (Å²) in [4.78, 5) is 16.8. The molecule has 2 aromatic carbocycles. The van der Waals surface area contributed by atoms with Gasteiger partial charge in [0.15, 0.2) is 4.34 Å². The normalized spacial score (nSPS) is 11.5. The molecule has 1 heterocycles. The highest BCUT2D eigenvalue weighted by atomic mass is 32.2. The van der Waals surface area contributed by atoms with Crippen molar-refractivity contribution in [1.82, 2.24) is 4.98 Å². The zero-order valence-corrected chi connectivity index (χ0v) is 18.2. The number of hydrogen-bond donors (Lipinski definition) is 2. The van der Waals surface area contributed by atoms with Crippen LogP contribution in [0.25, 0.3) is 10.2 Å². The highest BCUT2D eigenvalue weighted by Gasteiger charge is 2.11. The van der Waals surface area contributed by atoms with Crippen LogP contribution in [0.4, 0.5) is 11.4 Å². The van der Waals surface area contributed by atoms with E-state index in [2.05, 4.69) is 15.0 Å². The number of fused-ring (bicyclic) bond motifs is 1. The molecule has 9 heteroatoms. The fourth-order valence-corrected chi connectivity index (χ4v) is 5.09. The van der Waals surface area contributed by atoms with Crippen molar-refractivity contribution in [2.45, 2.75) is 25.1 Å². The number of thiazole rings is 1. The third-order valence-corrected chi connectivity index (χ3v) is 7.47. The van der Waals surface area contributed by atoms with E-state index < -0.39 is 10.0 Å². The smallest absolute Gasteiger partial charge is 0.234 e. The van der Waals surface area contributed by atoms with Gasteiger partial charge < -0.3 is 5.32 Å². The Morgan fingerprint density at radius 3 is 2.68 bits per heavy atom. The van der Waals surface area contributed by atoms with Crippen molar-refractivity contribution in [1.29, 1.82) is 0 Å². The first-order chi connectivity index (χ1) is 13.3. The number of carbonyl (C=O) groups excluding carboxylic acids is 1. The summed E-state index contributed by atoms with van der Waals surface area (Å²) in [5, 5.41) is 2.92. The summed E-state index contributed by atoms with van der Waals surface area (Å²) in [6.07, 6.45) is 0. The summed E-state index contributed by atoms with van der Waals surface area (Å²) in [6.45, 7) is 5.57. The second-order valence-corrected chi connectivity index (χ2v) is 10.6. The van der Waals surface area contributed by atoms with Crippen molar-refractivity contribution in [3.63, 3.8) is 0 Å². The molecule has 3 rings (SSSR count). The van der Waals surface area contributed by atoms with Gasteiger partial charge in [0, 0.05) is 5.69 Å². The Labute approximate surface area is 172 Å². The van der Waals surface area contributed by atoms with Crippen LogP contribution in [0.3, 0.4) is 0 Å². The van der Waals surface area contributed by atoms with Gasteiger partial charge in [0.1, 0.15) is 0 Å². The van der Waals surface area contributed by atoms with Crippen molar-refractivity contribution in [2.75, 3.05) is 21.5 Å². The zero-order valence-electron chi connectivity index (χ0n) is 15.8. The van der Waals surface area contributed by atoms with Gasteiger partial charge in [-0.2, -0.15) is 0 Å². The minimum atomic E-state index is -3.32. The first-order valence-electron chi connectivity index (χ1n) is 8.67. The second kappa shape index (κ2) is 8.50. The number of aryl methyl sites for hydroxylation is 2. The summed E-state index contributed by atoms with van der Waals surface area (Å²) < 4.78 is 27.6. The number of amides is 1. The van der Waals surface area contributed by atoms with E-state index in [-0.39, 0.29) is 17.4 Å². The maximum atomic E-state index is 12.3. The molecule has 0 radical (unpaired) electrons. The van der Waals surface area contributed by atoms with E-state index in [4.69, 9.17) is 0 Å². The first-order valence-corrected chi connectivity index (χ1v) is 12.1. The molecule has 28 heavy (non-hydrogen) atoms. The summed E-state index contributed by atoms with van der Waals surface area (Å²) in [7, 11) is -3.32. The number of thioether (sulfide) groups is 1. The van der Waals surface area contributed by atoms with Crippen LogP contribution in [0.15, 0.2) is 40.7 Å². The number of aromatic nitrogens is 1. The molecule has 1 amide bonds. The van der Waals surface area contributed by atoms with E-state index in [0.717, 1.165) is 31.4 Å². The van der Waals surface area contributed by atoms with E-state index >= 15 is 0 Å². The van der Waals surface area contributed by atoms with Crippen LogP contribution in [0.1, 0.15) is 18.1 Å². The van der Waals surface area contributed by atoms with Gasteiger partial charge in [-0.1, -0.05) is 29.5 Å². The van der Waals surface area contributed by atoms with Crippen LogP contribution >= 0.6 is 23.1 Å². The van der Waals surface area contributed by atoms with Crippen LogP contribution in [-0.4, -0.2) is 30.8 Å². The second-order valence-electron chi connectivity index (χ2n) is 6.32. The van der Waals surface area contributed by atoms with Crippen LogP contribution < -0.4 is 10.0 Å². The quantitative estimate of drug-likeness (QED) is 0.537. The fraction of sp³-hybridized carbons (Fsp3) is 0.263. The van der Waals surface area contributed by atoms with E-state index in [1.54, 1.807) is 25.1 Å². The Morgan fingerprint density at radius 2 is 1.96 bits per heavy atom. The van der Waals surface area contributed by atoms with Gasteiger partial charge in [0.2, 0.25) is 15.9 Å². The highest BCUT2D eigenvalue weighted by molar-refractivity contribution is 8.01. The van der Waals surface area contributed by atoms with Crippen LogP contribution in [0.2, 0.25) is 0 Å². The first kappa shape index (κ1) is 20.6. The van der Waals surface area contributed by atoms with E-state index in [0.29, 0.717) is 5.69 Å². The van der Waals surface area contributed by atoms with Gasteiger partial charge in [-0.15, -0.1) is 11.3 Å². The number of nitrogens with zero attached hydrogens (tertiary/aromatic N) is 1. The molecule has 0 saturated heterocycles. The lowest BCUT2D eigenvalue weighted by Crippen LogP contribution is -2.14. The monoisotopic (exact) mass is 435 g/mol. The maximum Gasteiger partial charge on any atom is 0.234 e. The summed E-state index contributed by atoms with van der Waals surface area (Å²) in [6, 6.07) is 11.1. The molecule has 1 aromatic heterocycles. The number of carbonyl (C=O) groups is 1. The Hall–Kier alpha value is -2.10. The molecule has 0 aliphatic heterocycles. The van der Waals surface area contributed by atoms with Gasteiger partial charge in [-0.3, -0.25) is 9.52 Å². The predicted octanol–water partition coefficient (Wildman–Crippen LogP) is 4.41. The maximum absolute atomic E-state index is 12.3. The minimum Gasteiger partial charge on any atom is -0.325 e. The molecule has 2 N–H and O–H groups in total. The lowest BCUT2D eigenvalue weighted by molar-refractivity contribution is -0.113. The van der Waals surface area contributed by atoms with Crippen LogP contribution in [-0.2, 0) is 14.8 Å². The molecule has 0 aliphatic carbocycles. The Kier molecular flexibility index (Phi) is 6.26. The largest absolute Gasteiger partial charge is 0.325 e. The molecule has 0 aliphatic rings. The number of benzene rings is 2. The van der Waals surface area contributed by atoms with Crippen LogP contribution in [0, 0.1) is 13.8 Å².